The molecule has 0 saturated carbocycles. The normalized spacial score (nSPS) is 28.6. The average Bonchev–Trinajstić information content (AvgIpc) is 3.34. The number of aryl methyl sites for hydroxylation is 1. The number of halogens is 1. The van der Waals surface area contributed by atoms with E-state index in [0.717, 1.165) is 33.9 Å². The Morgan fingerprint density at radius 2 is 2.17 bits per heavy atom. The van der Waals surface area contributed by atoms with E-state index in [9.17, 15) is 5.11 Å². The summed E-state index contributed by atoms with van der Waals surface area (Å²) >= 11 is 7.80. The highest BCUT2D eigenvalue weighted by molar-refractivity contribution is 7.16. The summed E-state index contributed by atoms with van der Waals surface area (Å²) in [6, 6.07) is 2.07. The van der Waals surface area contributed by atoms with Crippen molar-refractivity contribution in [2.75, 3.05) is 6.61 Å². The van der Waals surface area contributed by atoms with Gasteiger partial charge in [0, 0.05) is 40.9 Å². The predicted octanol–water partition coefficient (Wildman–Crippen LogP) is 2.91. The van der Waals surface area contributed by atoms with Crippen LogP contribution in [-0.4, -0.2) is 42.7 Å². The second kappa shape index (κ2) is 7.65. The molecule has 0 bridgehead atoms. The van der Waals surface area contributed by atoms with E-state index in [4.69, 9.17) is 16.3 Å². The van der Waals surface area contributed by atoms with E-state index in [1.54, 1.807) is 4.68 Å². The van der Waals surface area contributed by atoms with E-state index >= 15 is 0 Å². The highest BCUT2D eigenvalue weighted by Gasteiger charge is 2.48. The standard InChI is InChI=1S/C20H23ClN6O2S/c1-11-4-20(19-14(3-18(21)30-19)17(28)10-29-20)5-15(24-11)16-9-27(26-25-16)8-13-6-22-12(2)23-7-13/h3,6-7,9,11,15,17,24,28H,4-5,8,10H2,1-2H3/t11-,15-,17+,20-/m0/s1. The molecule has 2 N–H and O–H groups in total. The molecule has 10 heteroatoms. The molecule has 4 atom stereocenters. The zero-order valence-electron chi connectivity index (χ0n) is 16.7. The van der Waals surface area contributed by atoms with Crippen LogP contribution in [0.2, 0.25) is 4.34 Å². The summed E-state index contributed by atoms with van der Waals surface area (Å²) in [5, 5.41) is 22.7. The molecule has 30 heavy (non-hydrogen) atoms. The van der Waals surface area contributed by atoms with E-state index in [1.165, 1.54) is 11.3 Å². The van der Waals surface area contributed by atoms with Crippen LogP contribution >= 0.6 is 22.9 Å². The number of ether oxygens (including phenoxy) is 1. The average molecular weight is 447 g/mol. The number of hydrogen-bond donors (Lipinski definition) is 2. The lowest BCUT2D eigenvalue weighted by Gasteiger charge is -2.46. The van der Waals surface area contributed by atoms with Crippen molar-refractivity contribution in [3.05, 3.63) is 56.5 Å². The number of fused-ring (bicyclic) bond motifs is 2. The van der Waals surface area contributed by atoms with Crippen LogP contribution in [0.1, 0.15) is 59.4 Å². The minimum Gasteiger partial charge on any atom is -0.386 e. The molecule has 0 aliphatic carbocycles. The van der Waals surface area contributed by atoms with Gasteiger partial charge in [-0.05, 0) is 26.3 Å². The maximum atomic E-state index is 10.4. The van der Waals surface area contributed by atoms with Crippen molar-refractivity contribution in [2.45, 2.75) is 57.0 Å². The number of aliphatic hydroxyl groups is 1. The fourth-order valence-electron chi connectivity index (χ4n) is 4.47. The Morgan fingerprint density at radius 1 is 1.37 bits per heavy atom. The first-order valence-electron chi connectivity index (χ1n) is 9.97. The summed E-state index contributed by atoms with van der Waals surface area (Å²) in [4.78, 5) is 9.51. The predicted molar refractivity (Wildman–Crippen MR) is 112 cm³/mol. The molecule has 8 nitrogen and oxygen atoms in total. The zero-order chi connectivity index (χ0) is 20.9. The van der Waals surface area contributed by atoms with Crippen LogP contribution in [0.25, 0.3) is 0 Å². The van der Waals surface area contributed by atoms with Gasteiger partial charge in [0.05, 0.1) is 35.4 Å². The minimum atomic E-state index is -0.629. The number of piperidine rings is 1. The van der Waals surface area contributed by atoms with Gasteiger partial charge in [-0.3, -0.25) is 0 Å². The molecule has 5 heterocycles. The van der Waals surface area contributed by atoms with Gasteiger partial charge in [-0.1, -0.05) is 16.8 Å². The second-order valence-electron chi connectivity index (χ2n) is 8.16. The molecule has 3 aromatic heterocycles. The van der Waals surface area contributed by atoms with Crippen LogP contribution in [0.15, 0.2) is 24.7 Å². The van der Waals surface area contributed by atoms with Crippen molar-refractivity contribution >= 4 is 22.9 Å². The highest BCUT2D eigenvalue weighted by Crippen LogP contribution is 2.51. The summed E-state index contributed by atoms with van der Waals surface area (Å²) in [6.45, 7) is 4.85. The van der Waals surface area contributed by atoms with E-state index in [0.29, 0.717) is 17.3 Å². The molecule has 0 aromatic carbocycles. The van der Waals surface area contributed by atoms with Crippen LogP contribution in [0.5, 0.6) is 0 Å². The van der Waals surface area contributed by atoms with Crippen LogP contribution in [0.3, 0.4) is 0 Å². The van der Waals surface area contributed by atoms with Gasteiger partial charge >= 0.3 is 0 Å². The number of rotatable bonds is 3. The Balaban J connectivity index is 1.40. The highest BCUT2D eigenvalue weighted by atomic mass is 35.5. The number of thiophene rings is 1. The van der Waals surface area contributed by atoms with E-state index < -0.39 is 11.7 Å². The number of hydrogen-bond acceptors (Lipinski definition) is 8. The monoisotopic (exact) mass is 446 g/mol. The van der Waals surface area contributed by atoms with Gasteiger partial charge in [0.2, 0.25) is 0 Å². The topological polar surface area (TPSA) is 98.0 Å². The molecule has 5 rings (SSSR count). The Kier molecular flexibility index (Phi) is 5.11. The van der Waals surface area contributed by atoms with Crippen molar-refractivity contribution < 1.29 is 9.84 Å². The Labute approximate surface area is 183 Å². The maximum absolute atomic E-state index is 10.4. The van der Waals surface area contributed by atoms with Crippen LogP contribution in [0, 0.1) is 6.92 Å². The second-order valence-corrected chi connectivity index (χ2v) is 9.85. The molecule has 1 spiro atoms. The van der Waals surface area contributed by atoms with Gasteiger partial charge in [-0.2, -0.15) is 0 Å². The third-order valence-electron chi connectivity index (χ3n) is 5.77. The third kappa shape index (κ3) is 3.65. The molecule has 3 aromatic rings. The van der Waals surface area contributed by atoms with Gasteiger partial charge in [-0.15, -0.1) is 16.4 Å². The van der Waals surface area contributed by atoms with Crippen molar-refractivity contribution in [2.24, 2.45) is 0 Å². The summed E-state index contributed by atoms with van der Waals surface area (Å²) in [7, 11) is 0. The molecule has 2 aliphatic rings. The van der Waals surface area contributed by atoms with Crippen LogP contribution in [-0.2, 0) is 16.9 Å². The lowest BCUT2D eigenvalue weighted by molar-refractivity contribution is -0.129. The summed E-state index contributed by atoms with van der Waals surface area (Å²) in [5.74, 6) is 0.745. The van der Waals surface area contributed by atoms with E-state index in [-0.39, 0.29) is 18.7 Å². The van der Waals surface area contributed by atoms with Crippen molar-refractivity contribution in [1.82, 2.24) is 30.3 Å². The molecule has 0 amide bonds. The van der Waals surface area contributed by atoms with Crippen LogP contribution < -0.4 is 5.32 Å². The van der Waals surface area contributed by atoms with E-state index in [2.05, 4.69) is 32.5 Å². The number of aliphatic hydroxyl groups excluding tert-OH is 1. The summed E-state index contributed by atoms with van der Waals surface area (Å²) < 4.78 is 8.76. The molecule has 1 saturated heterocycles. The first-order valence-corrected chi connectivity index (χ1v) is 11.2. The summed E-state index contributed by atoms with van der Waals surface area (Å²) in [5.41, 5.74) is 2.26. The van der Waals surface area contributed by atoms with Gasteiger partial charge in [0.25, 0.3) is 0 Å². The Bertz CT molecular complexity index is 1050. The van der Waals surface area contributed by atoms with Crippen molar-refractivity contribution in [3.8, 4) is 0 Å². The molecule has 0 radical (unpaired) electrons. The van der Waals surface area contributed by atoms with Crippen LogP contribution in [0.4, 0.5) is 0 Å². The van der Waals surface area contributed by atoms with Gasteiger partial charge in [0.1, 0.15) is 17.5 Å². The molecule has 0 unspecified atom stereocenters. The first kappa shape index (κ1) is 20.0. The Morgan fingerprint density at radius 3 is 2.97 bits per heavy atom. The summed E-state index contributed by atoms with van der Waals surface area (Å²) in [6.07, 6.45) is 6.47. The lowest BCUT2D eigenvalue weighted by atomic mass is 9.79. The fraction of sp³-hybridized carbons (Fsp3) is 0.500. The SMILES string of the molecule is Cc1ncc(Cn2cc([C@@H]3C[C@]4(C[C@H](C)N3)OC[C@@H](O)c3cc(Cl)sc34)nn2)cn1. The third-order valence-corrected chi connectivity index (χ3v) is 7.23. The lowest BCUT2D eigenvalue weighted by Crippen LogP contribution is -2.50. The molecule has 158 valence electrons. The van der Waals surface area contributed by atoms with Gasteiger partial charge < -0.3 is 15.2 Å². The molecular weight excluding hydrogens is 424 g/mol. The minimum absolute atomic E-state index is 0.0132. The zero-order valence-corrected chi connectivity index (χ0v) is 18.3. The quantitative estimate of drug-likeness (QED) is 0.638. The number of aromatic nitrogens is 5. The fourth-order valence-corrected chi connectivity index (χ4v) is 5.93. The van der Waals surface area contributed by atoms with Crippen molar-refractivity contribution in [3.63, 3.8) is 0 Å². The largest absolute Gasteiger partial charge is 0.386 e. The maximum Gasteiger partial charge on any atom is 0.125 e. The van der Waals surface area contributed by atoms with Gasteiger partial charge in [-0.25, -0.2) is 14.6 Å². The molecule has 2 aliphatic heterocycles. The smallest absolute Gasteiger partial charge is 0.125 e. The van der Waals surface area contributed by atoms with Crippen molar-refractivity contribution in [1.29, 1.82) is 0 Å². The van der Waals surface area contributed by atoms with Gasteiger partial charge in [0.15, 0.2) is 0 Å². The van der Waals surface area contributed by atoms with E-state index in [1.807, 2.05) is 31.6 Å². The Hall–Kier alpha value is -1.91. The molecular formula is C20H23ClN6O2S. The number of nitrogens with zero attached hydrogens (tertiary/aromatic N) is 5. The molecule has 1 fully saturated rings. The first-order chi connectivity index (χ1) is 14.4. The number of nitrogens with one attached hydrogen (secondary N) is 1.